The zero-order valence-electron chi connectivity index (χ0n) is 19.1. The lowest BCUT2D eigenvalue weighted by Gasteiger charge is -2.25. The van der Waals surface area contributed by atoms with Crippen LogP contribution in [0.15, 0.2) is 30.3 Å². The van der Waals surface area contributed by atoms with E-state index in [2.05, 4.69) is 25.4 Å². The average molecular weight is 533 g/mol. The number of benzene rings is 1. The maximum Gasteiger partial charge on any atom is 0.408 e. The van der Waals surface area contributed by atoms with Crippen LogP contribution in [0.1, 0.15) is 39.2 Å². The number of carboxylic acid groups (broad SMARTS) is 1. The molecule has 0 saturated heterocycles. The Hall–Kier alpha value is -2.07. The normalized spacial score (nSPS) is 14.1. The minimum absolute atomic E-state index is 0.0299. The molecule has 0 radical (unpaired) electrons. The molecular weight excluding hydrogens is 500 g/mol. The van der Waals surface area contributed by atoms with E-state index in [0.29, 0.717) is 5.75 Å². The number of carbonyl (C=O) groups excluding carboxylic acids is 3. The van der Waals surface area contributed by atoms with Crippen LogP contribution >= 0.6 is 23.3 Å². The fourth-order valence-electron chi connectivity index (χ4n) is 2.80. The van der Waals surface area contributed by atoms with Crippen molar-refractivity contribution in [3.05, 3.63) is 35.9 Å². The van der Waals surface area contributed by atoms with Crippen molar-refractivity contribution in [3.63, 3.8) is 0 Å². The Balaban J connectivity index is 2.89. The van der Waals surface area contributed by atoms with Gasteiger partial charge in [0, 0.05) is 18.6 Å². The maximum absolute atomic E-state index is 12.9. The number of hydrogen-bond donors (Lipinski definition) is 3. The van der Waals surface area contributed by atoms with Crippen LogP contribution in [-0.2, 0) is 25.5 Å². The van der Waals surface area contributed by atoms with Crippen LogP contribution in [-0.4, -0.2) is 64.8 Å². The number of aliphatic carboxylic acids is 1. The summed E-state index contributed by atoms with van der Waals surface area (Å²) in [6.07, 6.45) is 3.22. The molecule has 8 nitrogen and oxygen atoms in total. The lowest BCUT2D eigenvalue weighted by atomic mass is 10.0. The topological polar surface area (TPSA) is 122 Å². The van der Waals surface area contributed by atoms with Gasteiger partial charge in [0.15, 0.2) is 0 Å². The van der Waals surface area contributed by atoms with Crippen LogP contribution in [0.2, 0.25) is 0 Å². The Morgan fingerprint density at radius 2 is 1.66 bits per heavy atom. The minimum Gasteiger partial charge on any atom is -0.480 e. The molecule has 2 atom stereocenters. The molecule has 0 spiro atoms. The van der Waals surface area contributed by atoms with Crippen molar-refractivity contribution in [2.75, 3.05) is 18.3 Å². The van der Waals surface area contributed by atoms with E-state index in [1.54, 1.807) is 45.0 Å². The van der Waals surface area contributed by atoms with Gasteiger partial charge < -0.3 is 20.5 Å². The molecule has 180 valence electrons. The maximum atomic E-state index is 12.9. The summed E-state index contributed by atoms with van der Waals surface area (Å²) in [5, 5.41) is 14.5. The van der Waals surface area contributed by atoms with Crippen molar-refractivity contribution in [1.82, 2.24) is 10.6 Å². The highest BCUT2D eigenvalue weighted by Gasteiger charge is 2.29. The summed E-state index contributed by atoms with van der Waals surface area (Å²) in [6.45, 7) is 5.10. The zero-order chi connectivity index (χ0) is 24.5. The molecule has 10 heteroatoms. The van der Waals surface area contributed by atoms with E-state index in [0.717, 1.165) is 5.56 Å². The van der Waals surface area contributed by atoms with Crippen molar-refractivity contribution in [2.45, 2.75) is 57.7 Å². The largest absolute Gasteiger partial charge is 0.480 e. The quantitative estimate of drug-likeness (QED) is 0.401. The molecule has 0 bridgehead atoms. The second kappa shape index (κ2) is 12.2. The van der Waals surface area contributed by atoms with Crippen molar-refractivity contribution in [3.8, 4) is 0 Å². The number of Topliss-reactive ketones (excluding diaryl/α,β-unsaturated/α-hetero) is 1. The lowest BCUT2D eigenvalue weighted by molar-refractivity contribution is -0.142. The van der Waals surface area contributed by atoms with E-state index < -0.39 is 44.1 Å². The van der Waals surface area contributed by atoms with Gasteiger partial charge in [0.05, 0.1) is 0 Å². The van der Waals surface area contributed by atoms with E-state index in [4.69, 9.17) is 4.74 Å². The smallest absolute Gasteiger partial charge is 0.408 e. The van der Waals surface area contributed by atoms with Gasteiger partial charge in [-0.15, -0.1) is 0 Å². The Bertz CT molecular complexity index is 805. The number of nitrogens with one attached hydrogen (secondary N) is 2. The van der Waals surface area contributed by atoms with Crippen LogP contribution in [0, 0.1) is 0 Å². The standard InChI is InChI=1S/C22H33BrN2O6S/c1-22(2,3)31-21(30)25-18(13-15-9-7-6-8-10-15)19(27)24-17(20(28)29)12-11-16(26)14-32(4,5)23/h6-10,17-18H,11-14H2,1-5H3,(H,24,27)(H,25,30)(H,28,29). The molecule has 3 N–H and O–H groups in total. The monoisotopic (exact) mass is 532 g/mol. The molecule has 0 aliphatic carbocycles. The second-order valence-corrected chi connectivity index (χ2v) is 17.3. The number of carboxylic acids is 1. The van der Waals surface area contributed by atoms with Gasteiger partial charge in [0.1, 0.15) is 23.5 Å². The number of halogens is 1. The number of ether oxygens (including phenoxy) is 1. The summed E-state index contributed by atoms with van der Waals surface area (Å²) >= 11 is 3.47. The van der Waals surface area contributed by atoms with Crippen LogP contribution in [0.25, 0.3) is 0 Å². The van der Waals surface area contributed by atoms with Gasteiger partial charge in [0.25, 0.3) is 0 Å². The molecule has 32 heavy (non-hydrogen) atoms. The van der Waals surface area contributed by atoms with Crippen molar-refractivity contribution < 1.29 is 29.0 Å². The molecule has 0 aliphatic heterocycles. The first-order chi connectivity index (χ1) is 14.7. The Morgan fingerprint density at radius 3 is 2.16 bits per heavy atom. The number of carbonyl (C=O) groups is 4. The van der Waals surface area contributed by atoms with Gasteiger partial charge in [0.2, 0.25) is 5.91 Å². The van der Waals surface area contributed by atoms with Crippen molar-refractivity contribution in [1.29, 1.82) is 0 Å². The van der Waals surface area contributed by atoms with E-state index in [-0.39, 0.29) is 25.0 Å². The van der Waals surface area contributed by atoms with Crippen molar-refractivity contribution in [2.24, 2.45) is 0 Å². The van der Waals surface area contributed by atoms with Gasteiger partial charge >= 0.3 is 12.1 Å². The number of alkyl carbamates (subject to hydrolysis) is 1. The van der Waals surface area contributed by atoms with Gasteiger partial charge in [-0.3, -0.25) is 9.59 Å². The number of amides is 2. The van der Waals surface area contributed by atoms with E-state index >= 15 is 0 Å². The molecule has 0 fully saturated rings. The molecule has 1 aromatic rings. The highest BCUT2D eigenvalue weighted by molar-refractivity contribution is 9.58. The SMILES string of the molecule is CC(C)(C)OC(=O)NC(Cc1ccccc1)C(=O)NC(CCC(=O)CS(C)(C)Br)C(=O)O. The molecule has 0 aromatic heterocycles. The van der Waals surface area contributed by atoms with Gasteiger partial charge in [-0.25, -0.2) is 9.59 Å². The van der Waals surface area contributed by atoms with Crippen LogP contribution in [0.3, 0.4) is 0 Å². The van der Waals surface area contributed by atoms with E-state index in [9.17, 15) is 24.3 Å². The number of rotatable bonds is 11. The third-order valence-electron chi connectivity index (χ3n) is 4.12. The molecule has 0 aliphatic rings. The third-order valence-corrected chi connectivity index (χ3v) is 5.82. The molecule has 2 unspecified atom stereocenters. The summed E-state index contributed by atoms with van der Waals surface area (Å²) < 4.78 is 5.24. The first kappa shape index (κ1) is 28.0. The molecule has 1 rings (SSSR count). The van der Waals surface area contributed by atoms with E-state index in [1.807, 2.05) is 18.6 Å². The predicted octanol–water partition coefficient (Wildman–Crippen LogP) is 3.42. The molecule has 1 aromatic carbocycles. The number of hydrogen-bond acceptors (Lipinski definition) is 5. The summed E-state index contributed by atoms with van der Waals surface area (Å²) in [5.74, 6) is -1.65. The van der Waals surface area contributed by atoms with Gasteiger partial charge in [-0.1, -0.05) is 30.3 Å². The number of ketones is 1. The Morgan fingerprint density at radius 1 is 1.06 bits per heavy atom. The van der Waals surface area contributed by atoms with Crippen LogP contribution in [0.4, 0.5) is 4.79 Å². The molecule has 0 saturated carbocycles. The van der Waals surface area contributed by atoms with E-state index in [1.165, 1.54) is 0 Å². The fourth-order valence-corrected chi connectivity index (χ4v) is 4.47. The Kier molecular flexibility index (Phi) is 10.7. The summed E-state index contributed by atoms with van der Waals surface area (Å²) in [5.41, 5.74) is 0.0285. The molecular formula is C22H33BrN2O6S. The first-order valence-corrected chi connectivity index (χ1v) is 14.6. The molecule has 0 heterocycles. The average Bonchev–Trinajstić information content (AvgIpc) is 2.62. The summed E-state index contributed by atoms with van der Waals surface area (Å²) in [7, 11) is -1.22. The highest BCUT2D eigenvalue weighted by Crippen LogP contribution is 2.47. The third kappa shape index (κ3) is 12.1. The first-order valence-electron chi connectivity index (χ1n) is 10.2. The predicted molar refractivity (Wildman–Crippen MR) is 130 cm³/mol. The summed E-state index contributed by atoms with van der Waals surface area (Å²) in [6, 6.07) is 6.74. The van der Waals surface area contributed by atoms with Gasteiger partial charge in [-0.05, 0) is 60.1 Å². The van der Waals surface area contributed by atoms with Crippen molar-refractivity contribution >= 4 is 47.0 Å². The van der Waals surface area contributed by atoms with Crippen LogP contribution in [0.5, 0.6) is 0 Å². The zero-order valence-corrected chi connectivity index (χ0v) is 21.5. The minimum atomic E-state index is -1.25. The highest BCUT2D eigenvalue weighted by atomic mass is 79.9. The molecule has 2 amide bonds. The lowest BCUT2D eigenvalue weighted by Crippen LogP contribution is -2.53. The summed E-state index contributed by atoms with van der Waals surface area (Å²) in [4.78, 5) is 49.0. The fraction of sp³-hybridized carbons (Fsp3) is 0.545. The van der Waals surface area contributed by atoms with Crippen LogP contribution < -0.4 is 10.6 Å². The van der Waals surface area contributed by atoms with Gasteiger partial charge in [-0.2, -0.15) is 8.46 Å². The second-order valence-electron chi connectivity index (χ2n) is 8.91. The Labute approximate surface area is 198 Å².